The van der Waals surface area contributed by atoms with Gasteiger partial charge in [-0.2, -0.15) is 30.6 Å². The maximum atomic E-state index is 13.5. The van der Waals surface area contributed by atoms with Crippen molar-refractivity contribution in [2.45, 2.75) is 56.2 Å². The molecule has 2 aliphatic carbocycles. The van der Waals surface area contributed by atoms with Crippen LogP contribution < -0.4 is 9.62 Å². The van der Waals surface area contributed by atoms with E-state index in [-0.39, 0.29) is 44.3 Å². The summed E-state index contributed by atoms with van der Waals surface area (Å²) in [5.41, 5.74) is 2.13. The topological polar surface area (TPSA) is 65.5 Å². The van der Waals surface area contributed by atoms with E-state index < -0.39 is 34.4 Å². The Hall–Kier alpha value is -1.83. The standard InChI is InChI=1S/C24H27F5N4O2S2/c25-22(26)5-7-32(8-6-22)20-12-30-21(36-20)16-2-1-15-10-18-3-4-19(11-17(15)9-16)23(18)13-33(14-24(27,28)29)37(34,35)31-23/h1-2,9,12,18-19,31H,3-8,10-11,13-14H2/t18-,19+,23-/m1/s1. The summed E-state index contributed by atoms with van der Waals surface area (Å²) in [5, 5.41) is 1.63. The van der Waals surface area contributed by atoms with E-state index in [2.05, 4.69) is 9.71 Å². The minimum absolute atomic E-state index is 0.0821. The van der Waals surface area contributed by atoms with Gasteiger partial charge in [0.15, 0.2) is 0 Å². The lowest BCUT2D eigenvalue weighted by Gasteiger charge is -2.33. The fourth-order valence-corrected chi connectivity index (χ4v) is 9.25. The molecule has 0 amide bonds. The number of hydrogen-bond acceptors (Lipinski definition) is 5. The Morgan fingerprint density at radius 1 is 1.08 bits per heavy atom. The summed E-state index contributed by atoms with van der Waals surface area (Å²) in [6.45, 7) is -1.09. The third kappa shape index (κ3) is 4.65. The van der Waals surface area contributed by atoms with Crippen LogP contribution in [0.3, 0.4) is 0 Å². The Kier molecular flexibility index (Phi) is 5.91. The molecule has 2 aliphatic heterocycles. The van der Waals surface area contributed by atoms with Gasteiger partial charge < -0.3 is 4.90 Å². The highest BCUT2D eigenvalue weighted by atomic mass is 32.2. The van der Waals surface area contributed by atoms with E-state index in [9.17, 15) is 30.4 Å². The molecule has 202 valence electrons. The summed E-state index contributed by atoms with van der Waals surface area (Å²) in [5.74, 6) is -2.81. The van der Waals surface area contributed by atoms with Crippen LogP contribution in [-0.2, 0) is 23.1 Å². The fraction of sp³-hybridized carbons (Fsp3) is 0.625. The molecular formula is C24H27F5N4O2S2. The van der Waals surface area contributed by atoms with E-state index in [1.807, 2.05) is 23.1 Å². The van der Waals surface area contributed by atoms with E-state index in [0.29, 0.717) is 17.1 Å². The molecule has 37 heavy (non-hydrogen) atoms. The summed E-state index contributed by atoms with van der Waals surface area (Å²) >= 11 is 1.45. The first kappa shape index (κ1) is 25.4. The van der Waals surface area contributed by atoms with Gasteiger partial charge >= 0.3 is 6.18 Å². The minimum atomic E-state index is -4.61. The van der Waals surface area contributed by atoms with Gasteiger partial charge in [0.2, 0.25) is 0 Å². The number of anilines is 1. The Morgan fingerprint density at radius 3 is 2.43 bits per heavy atom. The molecule has 1 aromatic carbocycles. The van der Waals surface area contributed by atoms with E-state index in [0.717, 1.165) is 39.5 Å². The Bertz CT molecular complexity index is 1300. The van der Waals surface area contributed by atoms with Gasteiger partial charge in [-0.1, -0.05) is 23.5 Å². The number of thiazole rings is 1. The van der Waals surface area contributed by atoms with E-state index in [4.69, 9.17) is 0 Å². The van der Waals surface area contributed by atoms with Crippen molar-refractivity contribution in [1.29, 1.82) is 0 Å². The van der Waals surface area contributed by atoms with Gasteiger partial charge in [-0.3, -0.25) is 0 Å². The predicted molar refractivity (Wildman–Crippen MR) is 130 cm³/mol. The molecule has 2 saturated heterocycles. The lowest BCUT2D eigenvalue weighted by Crippen LogP contribution is -2.52. The highest BCUT2D eigenvalue weighted by Crippen LogP contribution is 2.51. The summed E-state index contributed by atoms with van der Waals surface area (Å²) < 4.78 is 95.0. The highest BCUT2D eigenvalue weighted by molar-refractivity contribution is 7.87. The molecule has 0 radical (unpaired) electrons. The van der Waals surface area contributed by atoms with Crippen LogP contribution in [0, 0.1) is 11.8 Å². The van der Waals surface area contributed by atoms with Crippen molar-refractivity contribution in [1.82, 2.24) is 14.0 Å². The summed E-state index contributed by atoms with van der Waals surface area (Å²) in [6.07, 6.45) is -0.559. The van der Waals surface area contributed by atoms with Gasteiger partial charge in [0, 0.05) is 38.0 Å². The Morgan fingerprint density at radius 2 is 1.76 bits per heavy atom. The predicted octanol–water partition coefficient (Wildman–Crippen LogP) is 4.62. The Labute approximate surface area is 216 Å². The van der Waals surface area contributed by atoms with Crippen LogP contribution >= 0.6 is 11.3 Å². The third-order valence-electron chi connectivity index (χ3n) is 8.46. The second-order valence-corrected chi connectivity index (χ2v) is 13.4. The van der Waals surface area contributed by atoms with Crippen molar-refractivity contribution >= 4 is 26.5 Å². The quantitative estimate of drug-likeness (QED) is 0.555. The minimum Gasteiger partial charge on any atom is -0.362 e. The number of aromatic nitrogens is 1. The van der Waals surface area contributed by atoms with Crippen LogP contribution in [-0.4, -0.2) is 61.5 Å². The molecule has 1 N–H and O–H groups in total. The maximum absolute atomic E-state index is 13.5. The average Bonchev–Trinajstić information content (AvgIpc) is 3.43. The van der Waals surface area contributed by atoms with Crippen molar-refractivity contribution in [2.24, 2.45) is 11.8 Å². The van der Waals surface area contributed by atoms with Gasteiger partial charge in [-0.05, 0) is 54.7 Å². The molecule has 2 bridgehead atoms. The largest absolute Gasteiger partial charge is 0.402 e. The fourth-order valence-electron chi connectivity index (χ4n) is 6.58. The monoisotopic (exact) mass is 562 g/mol. The molecule has 3 atom stereocenters. The zero-order valence-corrected chi connectivity index (χ0v) is 21.5. The number of nitrogens with one attached hydrogen (secondary N) is 1. The smallest absolute Gasteiger partial charge is 0.362 e. The normalized spacial score (nSPS) is 31.0. The van der Waals surface area contributed by atoms with Gasteiger partial charge in [0.05, 0.1) is 11.7 Å². The van der Waals surface area contributed by atoms with E-state index >= 15 is 0 Å². The number of alkyl halides is 5. The third-order valence-corrected chi connectivity index (χ3v) is 11.1. The van der Waals surface area contributed by atoms with Gasteiger partial charge in [0.1, 0.15) is 16.6 Å². The van der Waals surface area contributed by atoms with Crippen LogP contribution in [0.4, 0.5) is 27.0 Å². The number of halogens is 5. The van der Waals surface area contributed by atoms with Gasteiger partial charge in [0.25, 0.3) is 16.1 Å². The molecule has 0 unspecified atom stereocenters. The summed E-state index contributed by atoms with van der Waals surface area (Å²) in [4.78, 5) is 6.47. The number of fused-ring (bicyclic) bond motifs is 1. The van der Waals surface area contributed by atoms with Crippen molar-refractivity contribution in [3.8, 4) is 10.6 Å². The number of piperidine rings is 1. The van der Waals surface area contributed by atoms with Crippen molar-refractivity contribution in [3.05, 3.63) is 35.5 Å². The lowest BCUT2D eigenvalue weighted by molar-refractivity contribution is -0.136. The van der Waals surface area contributed by atoms with Crippen molar-refractivity contribution in [3.63, 3.8) is 0 Å². The second kappa shape index (κ2) is 8.59. The summed E-state index contributed by atoms with van der Waals surface area (Å²) in [6, 6.07) is 6.03. The molecule has 1 saturated carbocycles. The van der Waals surface area contributed by atoms with Crippen LogP contribution in [0.25, 0.3) is 10.6 Å². The first-order valence-electron chi connectivity index (χ1n) is 12.4. The van der Waals surface area contributed by atoms with Crippen LogP contribution in [0.1, 0.15) is 36.8 Å². The molecule has 3 fully saturated rings. The molecular weight excluding hydrogens is 535 g/mol. The molecule has 3 heterocycles. The van der Waals surface area contributed by atoms with E-state index in [1.165, 1.54) is 11.3 Å². The molecule has 2 aromatic rings. The molecule has 13 heteroatoms. The zero-order valence-electron chi connectivity index (χ0n) is 19.9. The average molecular weight is 563 g/mol. The molecule has 1 spiro atoms. The first-order chi connectivity index (χ1) is 17.3. The van der Waals surface area contributed by atoms with Gasteiger partial charge in [-0.15, -0.1) is 0 Å². The van der Waals surface area contributed by atoms with Gasteiger partial charge in [-0.25, -0.2) is 13.8 Å². The molecule has 6 rings (SSSR count). The number of hydrogen-bond donors (Lipinski definition) is 1. The number of rotatable bonds is 3. The first-order valence-corrected chi connectivity index (χ1v) is 14.7. The van der Waals surface area contributed by atoms with Crippen LogP contribution in [0.2, 0.25) is 0 Å². The number of nitrogens with zero attached hydrogens (tertiary/aromatic N) is 3. The van der Waals surface area contributed by atoms with E-state index in [1.54, 1.807) is 6.20 Å². The maximum Gasteiger partial charge on any atom is 0.402 e. The van der Waals surface area contributed by atoms with Crippen LogP contribution in [0.15, 0.2) is 24.4 Å². The van der Waals surface area contributed by atoms with Crippen LogP contribution in [0.5, 0.6) is 0 Å². The van der Waals surface area contributed by atoms with Crippen molar-refractivity contribution in [2.75, 3.05) is 31.1 Å². The SMILES string of the molecule is O=S1(=O)N[C@]2(CN1CC(F)(F)F)[C@@H]1CC[C@H]2Cc2cc(-c3ncc(N4CCC(F)(F)CC4)s3)ccc2C1. The second-order valence-electron chi connectivity index (χ2n) is 10.7. The van der Waals surface area contributed by atoms with Crippen molar-refractivity contribution < 1.29 is 30.4 Å². The Balaban J connectivity index is 1.24. The molecule has 1 aromatic heterocycles. The zero-order chi connectivity index (χ0) is 26.2. The number of benzene rings is 1. The molecule has 4 aliphatic rings. The lowest BCUT2D eigenvalue weighted by atomic mass is 9.79. The highest BCUT2D eigenvalue weighted by Gasteiger charge is 2.60. The summed E-state index contributed by atoms with van der Waals surface area (Å²) in [7, 11) is -4.22. The molecule has 6 nitrogen and oxygen atoms in total.